The Bertz CT molecular complexity index is 807. The first-order valence-electron chi connectivity index (χ1n) is 10.4. The molecule has 2 atom stereocenters. The minimum Gasteiger partial charge on any atom is -0.483 e. The number of hydrogen-bond donors (Lipinski definition) is 2. The molecular weight excluding hydrogens is 388 g/mol. The van der Waals surface area contributed by atoms with Crippen molar-refractivity contribution in [3.63, 3.8) is 0 Å². The van der Waals surface area contributed by atoms with E-state index in [1.54, 1.807) is 6.07 Å². The monoisotopic (exact) mass is 418 g/mol. The van der Waals surface area contributed by atoms with E-state index in [1.807, 2.05) is 26.0 Å². The van der Waals surface area contributed by atoms with Crippen molar-refractivity contribution in [2.45, 2.75) is 64.5 Å². The Balaban J connectivity index is 1.38. The lowest BCUT2D eigenvalue weighted by Gasteiger charge is -2.29. The molecule has 1 saturated carbocycles. The number of carbonyl (C=O) groups is 3. The van der Waals surface area contributed by atoms with E-state index in [0.29, 0.717) is 17.4 Å². The quantitative estimate of drug-likeness (QED) is 0.689. The summed E-state index contributed by atoms with van der Waals surface area (Å²) in [5.74, 6) is 0.0713. The molecule has 8 heteroatoms. The van der Waals surface area contributed by atoms with Gasteiger partial charge in [0.1, 0.15) is 5.60 Å². The van der Waals surface area contributed by atoms with Gasteiger partial charge in [0, 0.05) is 18.0 Å². The van der Waals surface area contributed by atoms with Crippen molar-refractivity contribution in [2.75, 3.05) is 13.2 Å². The summed E-state index contributed by atoms with van der Waals surface area (Å²) >= 11 is 0. The molecule has 1 aromatic rings. The minimum atomic E-state index is -0.707. The SMILES string of the molecule is C[C@H]1CCCC[C@@H]1NC(=O)NC(=O)COC(=O)COc1cccc2c1OC(C)(C)C2. The fraction of sp³-hybridized carbons (Fsp3) is 0.591. The number of esters is 1. The van der Waals surface area contributed by atoms with Crippen LogP contribution in [-0.2, 0) is 20.7 Å². The van der Waals surface area contributed by atoms with E-state index in [-0.39, 0.29) is 18.2 Å². The molecule has 3 amide bonds. The Morgan fingerprint density at radius 2 is 1.93 bits per heavy atom. The molecule has 0 aromatic heterocycles. The van der Waals surface area contributed by atoms with Crippen LogP contribution in [0.1, 0.15) is 52.0 Å². The lowest BCUT2D eigenvalue weighted by atomic mass is 9.86. The third-order valence-corrected chi connectivity index (χ3v) is 5.45. The van der Waals surface area contributed by atoms with Gasteiger partial charge in [-0.15, -0.1) is 0 Å². The molecule has 0 bridgehead atoms. The Hall–Kier alpha value is -2.77. The molecule has 1 aliphatic carbocycles. The topological polar surface area (TPSA) is 103 Å². The zero-order valence-electron chi connectivity index (χ0n) is 17.8. The van der Waals surface area contributed by atoms with Crippen molar-refractivity contribution >= 4 is 17.9 Å². The summed E-state index contributed by atoms with van der Waals surface area (Å²) < 4.78 is 16.3. The highest BCUT2D eigenvalue weighted by Crippen LogP contribution is 2.41. The molecule has 3 rings (SSSR count). The second-order valence-electron chi connectivity index (χ2n) is 8.62. The van der Waals surface area contributed by atoms with Crippen LogP contribution in [0.25, 0.3) is 0 Å². The number of nitrogens with one attached hydrogen (secondary N) is 2. The van der Waals surface area contributed by atoms with E-state index in [9.17, 15) is 14.4 Å². The van der Waals surface area contributed by atoms with Crippen LogP contribution in [0.2, 0.25) is 0 Å². The number of amides is 3. The third kappa shape index (κ3) is 5.87. The zero-order valence-corrected chi connectivity index (χ0v) is 17.8. The average Bonchev–Trinajstić information content (AvgIpc) is 3.00. The standard InChI is InChI=1S/C22H30N2O6/c1-14-7-4-5-9-16(14)23-21(27)24-18(25)12-29-19(26)13-28-17-10-6-8-15-11-22(2,3)30-20(15)17/h6,8,10,14,16H,4-5,7,9,11-13H2,1-3H3,(H2,23,24,25,27)/t14-,16-/m0/s1. The van der Waals surface area contributed by atoms with E-state index in [1.165, 1.54) is 0 Å². The first-order chi connectivity index (χ1) is 14.2. The van der Waals surface area contributed by atoms with Crippen molar-refractivity contribution in [2.24, 2.45) is 5.92 Å². The second kappa shape index (κ2) is 9.36. The second-order valence-corrected chi connectivity index (χ2v) is 8.62. The largest absolute Gasteiger partial charge is 0.483 e. The maximum Gasteiger partial charge on any atom is 0.344 e. The molecule has 0 spiro atoms. The predicted molar refractivity (Wildman–Crippen MR) is 109 cm³/mol. The molecule has 0 radical (unpaired) electrons. The van der Waals surface area contributed by atoms with Gasteiger partial charge in [0.15, 0.2) is 24.7 Å². The molecule has 0 saturated heterocycles. The molecule has 1 aliphatic heterocycles. The van der Waals surface area contributed by atoms with Crippen molar-refractivity contribution < 1.29 is 28.6 Å². The van der Waals surface area contributed by atoms with E-state index in [2.05, 4.69) is 17.6 Å². The third-order valence-electron chi connectivity index (χ3n) is 5.45. The van der Waals surface area contributed by atoms with Gasteiger partial charge in [-0.3, -0.25) is 10.1 Å². The van der Waals surface area contributed by atoms with E-state index >= 15 is 0 Å². The number of imide groups is 1. The molecule has 8 nitrogen and oxygen atoms in total. The van der Waals surface area contributed by atoms with Crippen LogP contribution in [0.4, 0.5) is 4.79 Å². The number of urea groups is 1. The first-order valence-corrected chi connectivity index (χ1v) is 10.4. The van der Waals surface area contributed by atoms with Gasteiger partial charge in [0.05, 0.1) is 0 Å². The van der Waals surface area contributed by atoms with Crippen LogP contribution in [0.3, 0.4) is 0 Å². The minimum absolute atomic E-state index is 0.0577. The van der Waals surface area contributed by atoms with E-state index < -0.39 is 24.5 Å². The summed E-state index contributed by atoms with van der Waals surface area (Å²) in [7, 11) is 0. The van der Waals surface area contributed by atoms with Gasteiger partial charge >= 0.3 is 12.0 Å². The maximum atomic E-state index is 12.0. The van der Waals surface area contributed by atoms with E-state index in [0.717, 1.165) is 37.7 Å². The normalized spacial score (nSPS) is 21.7. The van der Waals surface area contributed by atoms with Crippen LogP contribution in [0, 0.1) is 5.92 Å². The van der Waals surface area contributed by atoms with Gasteiger partial charge in [-0.1, -0.05) is 31.9 Å². The highest BCUT2D eigenvalue weighted by atomic mass is 16.6. The summed E-state index contributed by atoms with van der Waals surface area (Å²) in [6, 6.07) is 5.01. The smallest absolute Gasteiger partial charge is 0.344 e. The molecule has 1 fully saturated rings. The molecular formula is C22H30N2O6. The Kier molecular flexibility index (Phi) is 6.84. The van der Waals surface area contributed by atoms with Gasteiger partial charge in [-0.05, 0) is 38.7 Å². The number of ether oxygens (including phenoxy) is 3. The number of para-hydroxylation sites is 1. The Labute approximate surface area is 176 Å². The predicted octanol–water partition coefficient (Wildman–Crippen LogP) is 2.73. The molecule has 2 N–H and O–H groups in total. The van der Waals surface area contributed by atoms with Gasteiger partial charge in [-0.2, -0.15) is 0 Å². The highest BCUT2D eigenvalue weighted by molar-refractivity contribution is 5.95. The summed E-state index contributed by atoms with van der Waals surface area (Å²) in [6.07, 6.45) is 4.94. The van der Waals surface area contributed by atoms with Gasteiger partial charge in [0.2, 0.25) is 0 Å². The van der Waals surface area contributed by atoms with Crippen molar-refractivity contribution in [3.05, 3.63) is 23.8 Å². The molecule has 1 heterocycles. The van der Waals surface area contributed by atoms with Crippen LogP contribution in [-0.4, -0.2) is 42.8 Å². The number of benzene rings is 1. The molecule has 164 valence electrons. The van der Waals surface area contributed by atoms with Crippen LogP contribution < -0.4 is 20.1 Å². The van der Waals surface area contributed by atoms with Gasteiger partial charge in [0.25, 0.3) is 5.91 Å². The van der Waals surface area contributed by atoms with Crippen LogP contribution in [0.5, 0.6) is 11.5 Å². The number of fused-ring (bicyclic) bond motifs is 1. The summed E-state index contributed by atoms with van der Waals surface area (Å²) in [6.45, 7) is 5.14. The number of hydrogen-bond acceptors (Lipinski definition) is 6. The Morgan fingerprint density at radius 3 is 2.70 bits per heavy atom. The average molecular weight is 418 g/mol. The lowest BCUT2D eigenvalue weighted by Crippen LogP contribution is -2.48. The number of rotatable bonds is 6. The van der Waals surface area contributed by atoms with Gasteiger partial charge < -0.3 is 19.5 Å². The summed E-state index contributed by atoms with van der Waals surface area (Å²) in [5, 5.41) is 5.01. The fourth-order valence-electron chi connectivity index (χ4n) is 3.92. The maximum absolute atomic E-state index is 12.0. The van der Waals surface area contributed by atoms with Crippen molar-refractivity contribution in [3.8, 4) is 11.5 Å². The molecule has 2 aliphatic rings. The summed E-state index contributed by atoms with van der Waals surface area (Å²) in [4.78, 5) is 35.8. The van der Waals surface area contributed by atoms with Crippen LogP contribution >= 0.6 is 0 Å². The molecule has 1 aromatic carbocycles. The Morgan fingerprint density at radius 1 is 1.17 bits per heavy atom. The van der Waals surface area contributed by atoms with Crippen molar-refractivity contribution in [1.82, 2.24) is 10.6 Å². The molecule has 30 heavy (non-hydrogen) atoms. The highest BCUT2D eigenvalue weighted by Gasteiger charge is 2.32. The fourth-order valence-corrected chi connectivity index (χ4v) is 3.92. The van der Waals surface area contributed by atoms with E-state index in [4.69, 9.17) is 14.2 Å². The summed E-state index contributed by atoms with van der Waals surface area (Å²) in [5.41, 5.74) is 0.694. The lowest BCUT2D eigenvalue weighted by molar-refractivity contribution is -0.150. The zero-order chi connectivity index (χ0) is 21.7. The van der Waals surface area contributed by atoms with Crippen molar-refractivity contribution in [1.29, 1.82) is 0 Å². The first kappa shape index (κ1) is 21.9. The number of carbonyl (C=O) groups excluding carboxylic acids is 3. The van der Waals surface area contributed by atoms with Crippen LogP contribution in [0.15, 0.2) is 18.2 Å². The molecule has 0 unspecified atom stereocenters. The van der Waals surface area contributed by atoms with Gasteiger partial charge in [-0.25, -0.2) is 9.59 Å².